The predicted molar refractivity (Wildman–Crippen MR) is 89.7 cm³/mol. The molecule has 3 aromatic heterocycles. The smallest absolute Gasteiger partial charge is 0.220 e. The molecule has 0 saturated heterocycles. The van der Waals surface area contributed by atoms with Crippen molar-refractivity contribution in [3.8, 4) is 0 Å². The Morgan fingerprint density at radius 2 is 2.12 bits per heavy atom. The van der Waals surface area contributed by atoms with E-state index in [1.807, 2.05) is 29.7 Å². The van der Waals surface area contributed by atoms with Crippen molar-refractivity contribution in [2.24, 2.45) is 0 Å². The number of rotatable bonds is 6. The van der Waals surface area contributed by atoms with Crippen LogP contribution in [-0.4, -0.2) is 25.3 Å². The lowest BCUT2D eigenvalue weighted by Gasteiger charge is -1.96. The van der Waals surface area contributed by atoms with E-state index >= 15 is 0 Å². The third kappa shape index (κ3) is 4.04. The Morgan fingerprint density at radius 1 is 1.25 bits per heavy atom. The lowest BCUT2D eigenvalue weighted by Crippen LogP contribution is -1.94. The summed E-state index contributed by atoms with van der Waals surface area (Å²) in [4.78, 5) is 9.43. The zero-order valence-electron chi connectivity index (χ0n) is 12.2. The van der Waals surface area contributed by atoms with Crippen LogP contribution in [0.2, 0.25) is 0 Å². The van der Waals surface area contributed by atoms with Crippen LogP contribution in [-0.2, 0) is 0 Å². The quantitative estimate of drug-likeness (QED) is 0.580. The van der Waals surface area contributed by atoms with E-state index in [0.717, 1.165) is 22.3 Å². The summed E-state index contributed by atoms with van der Waals surface area (Å²) in [5.41, 5.74) is 0.786. The fourth-order valence-corrected chi connectivity index (χ4v) is 3.23. The minimum absolute atomic E-state index is 0.125. The van der Waals surface area contributed by atoms with Crippen molar-refractivity contribution in [2.45, 2.75) is 11.6 Å². The molecule has 3 heterocycles. The Morgan fingerprint density at radius 3 is 2.88 bits per heavy atom. The van der Waals surface area contributed by atoms with Crippen LogP contribution < -0.4 is 0 Å². The van der Waals surface area contributed by atoms with E-state index in [0.29, 0.717) is 10.9 Å². The van der Waals surface area contributed by atoms with Crippen LogP contribution in [0.5, 0.6) is 0 Å². The molecule has 0 unspecified atom stereocenters. The predicted octanol–water partition coefficient (Wildman–Crippen LogP) is 4.92. The Labute approximate surface area is 143 Å². The van der Waals surface area contributed by atoms with Gasteiger partial charge in [0.05, 0.1) is 5.69 Å². The van der Waals surface area contributed by atoms with Gasteiger partial charge in [-0.25, -0.2) is 9.37 Å². The van der Waals surface area contributed by atoms with Crippen molar-refractivity contribution in [3.63, 3.8) is 0 Å². The Hall–Kier alpha value is -2.13. The highest BCUT2D eigenvalue weighted by Gasteiger charge is 2.10. The number of thioether (sulfide) groups is 1. The molecule has 0 spiro atoms. The van der Waals surface area contributed by atoms with E-state index in [9.17, 15) is 13.2 Å². The van der Waals surface area contributed by atoms with Crippen LogP contribution in [0.25, 0.3) is 17.9 Å². The summed E-state index contributed by atoms with van der Waals surface area (Å²) in [5, 5.41) is 6.64. The molecule has 124 valence electrons. The molecule has 0 fully saturated rings. The van der Waals surface area contributed by atoms with Gasteiger partial charge in [0.15, 0.2) is 5.83 Å². The van der Waals surface area contributed by atoms with Gasteiger partial charge < -0.3 is 0 Å². The largest absolute Gasteiger partial charge is 0.301 e. The molecule has 4 nitrogen and oxygen atoms in total. The molecule has 0 saturated carbocycles. The second-order valence-corrected chi connectivity index (χ2v) is 6.63. The second-order valence-electron chi connectivity index (χ2n) is 4.59. The molecule has 3 rings (SSSR count). The number of thiophene rings is 1. The zero-order chi connectivity index (χ0) is 16.9. The number of hydrogen-bond acceptors (Lipinski definition) is 5. The van der Waals surface area contributed by atoms with Crippen molar-refractivity contribution in [3.05, 3.63) is 52.3 Å². The van der Waals surface area contributed by atoms with Crippen LogP contribution >= 0.6 is 23.1 Å². The molecule has 24 heavy (non-hydrogen) atoms. The fraction of sp³-hybridized carbons (Fsp3) is 0.133. The summed E-state index contributed by atoms with van der Waals surface area (Å²) < 4.78 is 38.4. The van der Waals surface area contributed by atoms with Gasteiger partial charge >= 0.3 is 6.08 Å². The summed E-state index contributed by atoms with van der Waals surface area (Å²) in [6.45, 7) is 0. The van der Waals surface area contributed by atoms with E-state index in [4.69, 9.17) is 0 Å². The van der Waals surface area contributed by atoms with Crippen LogP contribution in [0.3, 0.4) is 0 Å². The van der Waals surface area contributed by atoms with Gasteiger partial charge in [0, 0.05) is 23.2 Å². The van der Waals surface area contributed by atoms with E-state index in [2.05, 4.69) is 15.1 Å². The molecular weight excluding hydrogens is 357 g/mol. The van der Waals surface area contributed by atoms with E-state index in [1.165, 1.54) is 0 Å². The van der Waals surface area contributed by atoms with Gasteiger partial charge in [0.2, 0.25) is 5.16 Å². The van der Waals surface area contributed by atoms with Crippen LogP contribution in [0.15, 0.2) is 46.8 Å². The number of nitrogens with zero attached hydrogens (tertiary/aromatic N) is 4. The topological polar surface area (TPSA) is 43.1 Å². The lowest BCUT2D eigenvalue weighted by atomic mass is 10.3. The highest BCUT2D eigenvalue weighted by Crippen LogP contribution is 2.21. The first kappa shape index (κ1) is 16.7. The molecule has 0 aliphatic carbocycles. The Balaban J connectivity index is 1.76. The van der Waals surface area contributed by atoms with Crippen molar-refractivity contribution < 1.29 is 13.2 Å². The normalized spacial score (nSPS) is 11.5. The van der Waals surface area contributed by atoms with Gasteiger partial charge in [-0.3, -0.25) is 0 Å². The summed E-state index contributed by atoms with van der Waals surface area (Å²) in [5.74, 6) is -0.872. The molecule has 0 aromatic carbocycles. The SMILES string of the molecule is FC(F)=C(F)CCSc1nc2nccc(/C=C\c3cccs3)n2n1. The maximum atomic E-state index is 12.8. The Bertz CT molecular complexity index is 883. The monoisotopic (exact) mass is 368 g/mol. The number of aromatic nitrogens is 4. The van der Waals surface area contributed by atoms with Gasteiger partial charge in [-0.1, -0.05) is 17.8 Å². The van der Waals surface area contributed by atoms with Crippen LogP contribution in [0.1, 0.15) is 17.0 Å². The molecule has 0 bridgehead atoms. The van der Waals surface area contributed by atoms with Crippen molar-refractivity contribution in [1.29, 1.82) is 0 Å². The summed E-state index contributed by atoms with van der Waals surface area (Å²) in [6.07, 6.45) is 2.83. The summed E-state index contributed by atoms with van der Waals surface area (Å²) in [7, 11) is 0. The van der Waals surface area contributed by atoms with Crippen LogP contribution in [0, 0.1) is 0 Å². The molecule has 0 atom stereocenters. The fourth-order valence-electron chi connectivity index (χ4n) is 1.86. The molecule has 0 aliphatic heterocycles. The standard InChI is InChI=1S/C15H11F3N4S2/c16-12(13(17)18)6-9-24-15-20-14-19-7-5-10(22(14)21-15)3-4-11-2-1-8-23-11/h1-5,7-8H,6,9H2/b4-3-. The van der Waals surface area contributed by atoms with Crippen LogP contribution in [0.4, 0.5) is 13.2 Å². The third-order valence-electron chi connectivity index (χ3n) is 2.97. The maximum Gasteiger partial charge on any atom is 0.301 e. The average molecular weight is 368 g/mol. The first-order valence-corrected chi connectivity index (χ1v) is 8.76. The second kappa shape index (κ2) is 7.63. The lowest BCUT2D eigenvalue weighted by molar-refractivity contribution is 0.373. The molecule has 0 N–H and O–H groups in total. The molecule has 0 amide bonds. The van der Waals surface area contributed by atoms with Gasteiger partial charge in [-0.15, -0.1) is 16.4 Å². The first-order valence-electron chi connectivity index (χ1n) is 6.89. The number of hydrogen-bond donors (Lipinski definition) is 0. The minimum Gasteiger partial charge on any atom is -0.220 e. The minimum atomic E-state index is -2.28. The number of fused-ring (bicyclic) bond motifs is 1. The molecule has 3 aromatic rings. The maximum absolute atomic E-state index is 12.8. The highest BCUT2D eigenvalue weighted by molar-refractivity contribution is 7.99. The molecule has 0 radical (unpaired) electrons. The summed E-state index contributed by atoms with van der Waals surface area (Å²) in [6, 6.07) is 5.75. The molecular formula is C15H11F3N4S2. The van der Waals surface area contributed by atoms with Crippen molar-refractivity contribution >= 4 is 41.0 Å². The van der Waals surface area contributed by atoms with Gasteiger partial charge in [0.25, 0.3) is 5.78 Å². The number of halogens is 3. The van der Waals surface area contributed by atoms with Gasteiger partial charge in [-0.05, 0) is 29.7 Å². The van der Waals surface area contributed by atoms with E-state index < -0.39 is 11.9 Å². The van der Waals surface area contributed by atoms with Gasteiger partial charge in [0.1, 0.15) is 0 Å². The third-order valence-corrected chi connectivity index (χ3v) is 4.65. The first-order chi connectivity index (χ1) is 11.6. The molecule has 0 aliphatic rings. The van der Waals surface area contributed by atoms with E-state index in [1.54, 1.807) is 28.1 Å². The summed E-state index contributed by atoms with van der Waals surface area (Å²) >= 11 is 2.72. The highest BCUT2D eigenvalue weighted by atomic mass is 32.2. The van der Waals surface area contributed by atoms with Crippen molar-refractivity contribution in [1.82, 2.24) is 19.6 Å². The van der Waals surface area contributed by atoms with E-state index in [-0.39, 0.29) is 12.2 Å². The zero-order valence-corrected chi connectivity index (χ0v) is 13.8. The molecule has 9 heteroatoms. The number of allylic oxidation sites excluding steroid dienone is 1. The Kier molecular flexibility index (Phi) is 5.31. The van der Waals surface area contributed by atoms with Gasteiger partial charge in [-0.2, -0.15) is 18.3 Å². The van der Waals surface area contributed by atoms with Crippen molar-refractivity contribution in [2.75, 3.05) is 5.75 Å². The average Bonchev–Trinajstić information content (AvgIpc) is 3.21.